The van der Waals surface area contributed by atoms with E-state index in [9.17, 15) is 18.0 Å². The van der Waals surface area contributed by atoms with Gasteiger partial charge in [0.2, 0.25) is 10.0 Å². The molecule has 0 unspecified atom stereocenters. The highest BCUT2D eigenvalue weighted by Crippen LogP contribution is 2.22. The Morgan fingerprint density at radius 2 is 1.53 bits per heavy atom. The summed E-state index contributed by atoms with van der Waals surface area (Å²) in [6, 6.07) is 23.2. The van der Waals surface area contributed by atoms with Crippen LogP contribution >= 0.6 is 0 Å². The summed E-state index contributed by atoms with van der Waals surface area (Å²) in [7, 11) is -3.84. The van der Waals surface area contributed by atoms with E-state index in [0.717, 1.165) is 11.0 Å². The number of hydrogen-bond acceptors (Lipinski definition) is 6. The monoisotopic (exact) mass is 480 g/mol. The van der Waals surface area contributed by atoms with Crippen molar-refractivity contribution in [3.8, 4) is 11.5 Å². The maximum Gasteiger partial charge on any atom is 0.321 e. The fraction of sp³-hybridized carbons (Fsp3) is 0.120. The third-order valence-electron chi connectivity index (χ3n) is 4.42. The third-order valence-corrected chi connectivity index (χ3v) is 5.46. The molecule has 0 bridgehead atoms. The van der Waals surface area contributed by atoms with Gasteiger partial charge in [0, 0.05) is 11.1 Å². The smallest absolute Gasteiger partial charge is 0.321 e. The molecule has 34 heavy (non-hydrogen) atoms. The lowest BCUT2D eigenvalue weighted by molar-refractivity contribution is -0.146. The quantitative estimate of drug-likeness (QED) is 0.427. The summed E-state index contributed by atoms with van der Waals surface area (Å²) in [6.45, 7) is 0.775. The first-order valence-electron chi connectivity index (χ1n) is 10.3. The van der Waals surface area contributed by atoms with Gasteiger partial charge in [-0.3, -0.25) is 9.59 Å². The van der Waals surface area contributed by atoms with E-state index in [1.54, 1.807) is 36.4 Å². The fourth-order valence-corrected chi connectivity index (χ4v) is 3.43. The summed E-state index contributed by atoms with van der Waals surface area (Å²) in [6.07, 6.45) is 1.41. The van der Waals surface area contributed by atoms with Crippen molar-refractivity contribution in [1.82, 2.24) is 4.72 Å². The molecule has 0 aliphatic heterocycles. The van der Waals surface area contributed by atoms with E-state index >= 15 is 0 Å². The van der Waals surface area contributed by atoms with Crippen molar-refractivity contribution in [2.45, 2.75) is 6.92 Å². The molecular weight excluding hydrogens is 456 g/mol. The van der Waals surface area contributed by atoms with Gasteiger partial charge in [-0.1, -0.05) is 48.0 Å². The summed E-state index contributed by atoms with van der Waals surface area (Å²) in [5.41, 5.74) is 2.25. The van der Waals surface area contributed by atoms with Crippen molar-refractivity contribution in [3.05, 3.63) is 95.4 Å². The van der Waals surface area contributed by atoms with Crippen LogP contribution in [0.15, 0.2) is 84.3 Å². The van der Waals surface area contributed by atoms with E-state index in [2.05, 4.69) is 10.0 Å². The maximum atomic E-state index is 12.0. The molecule has 0 atom stereocenters. The first kappa shape index (κ1) is 24.7. The Labute approximate surface area is 198 Å². The molecule has 0 heterocycles. The molecule has 176 valence electrons. The number of rotatable bonds is 10. The summed E-state index contributed by atoms with van der Waals surface area (Å²) in [4.78, 5) is 23.8. The molecule has 1 amide bonds. The highest BCUT2D eigenvalue weighted by Gasteiger charge is 2.12. The normalized spacial score (nSPS) is 11.2. The molecule has 0 aliphatic rings. The predicted octanol–water partition coefficient (Wildman–Crippen LogP) is 3.86. The molecule has 0 radical (unpaired) electrons. The van der Waals surface area contributed by atoms with Gasteiger partial charge in [-0.25, -0.2) is 13.1 Å². The third kappa shape index (κ3) is 8.53. The number of sulfonamides is 1. The number of nitrogens with one attached hydrogen (secondary N) is 2. The molecule has 3 aromatic carbocycles. The zero-order valence-electron chi connectivity index (χ0n) is 18.4. The Balaban J connectivity index is 1.39. The van der Waals surface area contributed by atoms with Crippen LogP contribution in [0, 0.1) is 6.92 Å². The number of carbonyl (C=O) groups excluding carboxylic acids is 2. The van der Waals surface area contributed by atoms with Crippen molar-refractivity contribution < 1.29 is 27.5 Å². The van der Waals surface area contributed by atoms with Gasteiger partial charge in [0.15, 0.2) is 6.61 Å². The van der Waals surface area contributed by atoms with Crippen molar-refractivity contribution in [1.29, 1.82) is 0 Å². The van der Waals surface area contributed by atoms with E-state index in [0.29, 0.717) is 22.7 Å². The molecule has 2 N–H and O–H groups in total. The molecule has 3 rings (SSSR count). The average molecular weight is 481 g/mol. The Bertz CT molecular complexity index is 1240. The number of amides is 1. The number of aryl methyl sites for hydroxylation is 1. The Morgan fingerprint density at radius 1 is 0.882 bits per heavy atom. The fourth-order valence-electron chi connectivity index (χ4n) is 2.68. The Hall–Kier alpha value is -3.95. The van der Waals surface area contributed by atoms with Crippen LogP contribution in [-0.2, 0) is 24.3 Å². The van der Waals surface area contributed by atoms with Crippen LogP contribution in [0.4, 0.5) is 5.69 Å². The first-order chi connectivity index (χ1) is 16.3. The van der Waals surface area contributed by atoms with Gasteiger partial charge in [0.25, 0.3) is 5.91 Å². The molecule has 0 spiro atoms. The average Bonchev–Trinajstić information content (AvgIpc) is 2.83. The zero-order valence-corrected chi connectivity index (χ0v) is 19.2. The van der Waals surface area contributed by atoms with Crippen molar-refractivity contribution in [2.75, 3.05) is 18.5 Å². The highest BCUT2D eigenvalue weighted by molar-refractivity contribution is 7.92. The van der Waals surface area contributed by atoms with Crippen molar-refractivity contribution >= 4 is 33.7 Å². The van der Waals surface area contributed by atoms with Gasteiger partial charge in [0.05, 0.1) is 0 Å². The van der Waals surface area contributed by atoms with E-state index in [4.69, 9.17) is 9.47 Å². The number of benzene rings is 3. The lowest BCUT2D eigenvalue weighted by atomic mass is 10.2. The minimum atomic E-state index is -3.84. The summed E-state index contributed by atoms with van der Waals surface area (Å²) >= 11 is 0. The Morgan fingerprint density at radius 3 is 2.21 bits per heavy atom. The second-order valence-corrected chi connectivity index (χ2v) is 8.88. The number of carbonyl (C=O) groups is 2. The van der Waals surface area contributed by atoms with E-state index < -0.39 is 35.1 Å². The molecular formula is C25H24N2O6S. The Kier molecular flexibility index (Phi) is 8.55. The van der Waals surface area contributed by atoms with Gasteiger partial charge < -0.3 is 14.8 Å². The molecule has 0 aliphatic carbocycles. The highest BCUT2D eigenvalue weighted by atomic mass is 32.2. The molecule has 3 aromatic rings. The van der Waals surface area contributed by atoms with E-state index in [-0.39, 0.29) is 0 Å². The number of ether oxygens (including phenoxy) is 2. The molecule has 0 fully saturated rings. The number of anilines is 1. The molecule has 0 saturated carbocycles. The van der Waals surface area contributed by atoms with Gasteiger partial charge in [0.1, 0.15) is 18.0 Å². The van der Waals surface area contributed by atoms with Crippen molar-refractivity contribution in [2.24, 2.45) is 0 Å². The number of para-hydroxylation sites is 1. The van der Waals surface area contributed by atoms with Crippen LogP contribution in [0.3, 0.4) is 0 Å². The standard InChI is InChI=1S/C25H24N2O6S/c1-19-7-9-20(10-8-19)15-16-34(30,31)26-17-25(29)32-18-24(28)27-21-11-13-23(14-12-21)33-22-5-3-2-4-6-22/h2-16,26H,17-18H2,1H3,(H,27,28)/b16-15+. The van der Waals surface area contributed by atoms with E-state index in [1.165, 1.54) is 6.08 Å². The first-order valence-corrected chi connectivity index (χ1v) is 11.9. The minimum Gasteiger partial charge on any atom is -0.457 e. The second kappa shape index (κ2) is 11.8. The zero-order chi connectivity index (χ0) is 24.4. The van der Waals surface area contributed by atoms with Gasteiger partial charge in [-0.15, -0.1) is 0 Å². The molecule has 0 saturated heterocycles. The second-order valence-electron chi connectivity index (χ2n) is 7.23. The summed E-state index contributed by atoms with van der Waals surface area (Å²) in [5.74, 6) is -0.159. The topological polar surface area (TPSA) is 111 Å². The van der Waals surface area contributed by atoms with Gasteiger partial charge >= 0.3 is 5.97 Å². The lowest BCUT2D eigenvalue weighted by Gasteiger charge is -2.09. The van der Waals surface area contributed by atoms with Crippen LogP contribution < -0.4 is 14.8 Å². The predicted molar refractivity (Wildman–Crippen MR) is 130 cm³/mol. The SMILES string of the molecule is Cc1ccc(/C=C/S(=O)(=O)NCC(=O)OCC(=O)Nc2ccc(Oc3ccccc3)cc2)cc1. The van der Waals surface area contributed by atoms with Gasteiger partial charge in [-0.05, 0) is 55.0 Å². The van der Waals surface area contributed by atoms with E-state index in [1.807, 2.05) is 49.4 Å². The molecule has 8 nitrogen and oxygen atoms in total. The minimum absolute atomic E-state index is 0.489. The number of esters is 1. The van der Waals surface area contributed by atoms with Crippen LogP contribution in [0.25, 0.3) is 6.08 Å². The lowest BCUT2D eigenvalue weighted by Crippen LogP contribution is -2.31. The van der Waals surface area contributed by atoms with Crippen LogP contribution in [0.5, 0.6) is 11.5 Å². The van der Waals surface area contributed by atoms with Crippen LogP contribution in [-0.4, -0.2) is 33.4 Å². The number of hydrogen-bond donors (Lipinski definition) is 2. The van der Waals surface area contributed by atoms with Crippen LogP contribution in [0.2, 0.25) is 0 Å². The van der Waals surface area contributed by atoms with Gasteiger partial charge in [-0.2, -0.15) is 0 Å². The molecule has 0 aromatic heterocycles. The summed E-state index contributed by atoms with van der Waals surface area (Å²) in [5, 5.41) is 3.54. The largest absolute Gasteiger partial charge is 0.457 e. The van der Waals surface area contributed by atoms with Crippen LogP contribution in [0.1, 0.15) is 11.1 Å². The maximum absolute atomic E-state index is 12.0. The molecule has 9 heteroatoms. The summed E-state index contributed by atoms with van der Waals surface area (Å²) < 4.78 is 36.6. The van der Waals surface area contributed by atoms with Crippen molar-refractivity contribution in [3.63, 3.8) is 0 Å².